The first-order chi connectivity index (χ1) is 19.5. The molecule has 2 heterocycles. The standard InChI is InChI=1S/C33H49NO7/c1-16-11-26(36)28(34-14-16)18(3)21-7-8-22-23-6-5-19-12-20(9-10-33(19,4)25(23)13-24(22)17(21)2)40-32-31(39)30(38)29(37)27(15-35)41-32/h5,7-8,16,18,20,23,25-32,34-39H,6,9-15H2,1-4H3/t16?,18-,20?,23-,25-,26?,27?,28-,29?,30?,31?,32?,33?/m0/s1. The van der Waals surface area contributed by atoms with Gasteiger partial charge >= 0.3 is 0 Å². The largest absolute Gasteiger partial charge is 0.394 e. The molecule has 1 saturated carbocycles. The molecule has 2 saturated heterocycles. The summed E-state index contributed by atoms with van der Waals surface area (Å²) in [6.07, 6.45) is 1.14. The predicted molar refractivity (Wildman–Crippen MR) is 154 cm³/mol. The fourth-order valence-electron chi connectivity index (χ4n) is 8.96. The average Bonchev–Trinajstić information content (AvgIpc) is 3.34. The number of nitrogens with one attached hydrogen (secondary N) is 1. The summed E-state index contributed by atoms with van der Waals surface area (Å²) in [5, 5.41) is 54.8. The van der Waals surface area contributed by atoms with E-state index in [0.29, 0.717) is 17.8 Å². The zero-order chi connectivity index (χ0) is 29.2. The van der Waals surface area contributed by atoms with Crippen LogP contribution in [-0.4, -0.2) is 87.6 Å². The quantitative estimate of drug-likeness (QED) is 0.297. The Morgan fingerprint density at radius 1 is 1.12 bits per heavy atom. The number of ether oxygens (including phenoxy) is 2. The molecule has 0 bridgehead atoms. The van der Waals surface area contributed by atoms with Gasteiger partial charge in [-0.15, -0.1) is 0 Å². The van der Waals surface area contributed by atoms with Crippen LogP contribution in [0.1, 0.15) is 87.0 Å². The van der Waals surface area contributed by atoms with Gasteiger partial charge in [0.2, 0.25) is 0 Å². The van der Waals surface area contributed by atoms with E-state index in [4.69, 9.17) is 9.47 Å². The zero-order valence-electron chi connectivity index (χ0n) is 24.9. The van der Waals surface area contributed by atoms with Crippen LogP contribution in [0.15, 0.2) is 23.8 Å². The third kappa shape index (κ3) is 5.02. The van der Waals surface area contributed by atoms with Crippen LogP contribution in [0, 0.1) is 24.2 Å². The lowest BCUT2D eigenvalue weighted by molar-refractivity contribution is -0.312. The summed E-state index contributed by atoms with van der Waals surface area (Å²) in [5.74, 6) is 1.76. The van der Waals surface area contributed by atoms with Crippen LogP contribution >= 0.6 is 0 Å². The molecule has 3 aliphatic carbocycles. The minimum atomic E-state index is -1.43. The Labute approximate surface area is 243 Å². The van der Waals surface area contributed by atoms with E-state index >= 15 is 0 Å². The van der Waals surface area contributed by atoms with E-state index in [-0.39, 0.29) is 29.6 Å². The lowest BCUT2D eigenvalue weighted by Gasteiger charge is -2.50. The Bertz CT molecular complexity index is 1150. The highest BCUT2D eigenvalue weighted by Gasteiger charge is 2.52. The van der Waals surface area contributed by atoms with Gasteiger partial charge in [-0.2, -0.15) is 0 Å². The van der Waals surface area contributed by atoms with Gasteiger partial charge in [0.05, 0.1) is 18.8 Å². The first-order valence-electron chi connectivity index (χ1n) is 15.7. The summed E-state index contributed by atoms with van der Waals surface area (Å²) in [6.45, 7) is 9.63. The molecular formula is C33H49NO7. The van der Waals surface area contributed by atoms with Crippen molar-refractivity contribution >= 4 is 0 Å². The SMILES string of the molecule is Cc1c([C@H](C)[C@@H]2NCC(C)CC2O)ccc2c1C[C@H]1[C@H]2CC=C2CC(OC3OC(CO)C(O)C(O)C3O)CCC21C. The van der Waals surface area contributed by atoms with Crippen LogP contribution in [-0.2, 0) is 15.9 Å². The lowest BCUT2D eigenvalue weighted by Crippen LogP contribution is -2.59. The highest BCUT2D eigenvalue weighted by molar-refractivity contribution is 5.50. The Hall–Kier alpha value is -1.36. The maximum Gasteiger partial charge on any atom is 0.186 e. The molecule has 6 N–H and O–H groups in total. The van der Waals surface area contributed by atoms with Crippen molar-refractivity contribution in [2.75, 3.05) is 13.2 Å². The molecule has 13 atom stereocenters. The number of hydrogen-bond donors (Lipinski definition) is 6. The zero-order valence-corrected chi connectivity index (χ0v) is 24.9. The van der Waals surface area contributed by atoms with E-state index in [9.17, 15) is 25.5 Å². The molecule has 0 spiro atoms. The summed E-state index contributed by atoms with van der Waals surface area (Å²) in [7, 11) is 0. The summed E-state index contributed by atoms with van der Waals surface area (Å²) in [4.78, 5) is 0. The molecule has 41 heavy (non-hydrogen) atoms. The first-order valence-corrected chi connectivity index (χ1v) is 15.7. The molecule has 5 aliphatic rings. The monoisotopic (exact) mass is 571 g/mol. The maximum absolute atomic E-state index is 10.8. The first kappa shape index (κ1) is 29.7. The van der Waals surface area contributed by atoms with Gasteiger partial charge in [-0.25, -0.2) is 0 Å². The fourth-order valence-corrected chi connectivity index (χ4v) is 8.96. The molecule has 0 radical (unpaired) electrons. The van der Waals surface area contributed by atoms with Gasteiger partial charge in [-0.1, -0.05) is 44.6 Å². The Balaban J connectivity index is 1.16. The Morgan fingerprint density at radius 3 is 2.63 bits per heavy atom. The number of aliphatic hydroxyl groups is 5. The predicted octanol–water partition coefficient (Wildman–Crippen LogP) is 2.42. The van der Waals surface area contributed by atoms with E-state index in [1.165, 1.54) is 27.8 Å². The average molecular weight is 572 g/mol. The molecule has 6 rings (SSSR count). The van der Waals surface area contributed by atoms with Crippen LogP contribution in [0.4, 0.5) is 0 Å². The number of allylic oxidation sites excluding steroid dienone is 1. The second kappa shape index (κ2) is 11.3. The van der Waals surface area contributed by atoms with E-state index in [0.717, 1.165) is 45.1 Å². The third-order valence-electron chi connectivity index (χ3n) is 11.6. The van der Waals surface area contributed by atoms with Crippen molar-refractivity contribution in [3.63, 3.8) is 0 Å². The molecule has 8 heteroatoms. The highest BCUT2D eigenvalue weighted by atomic mass is 16.7. The second-order valence-corrected chi connectivity index (χ2v) is 14.0. The number of aliphatic hydroxyl groups excluding tert-OH is 5. The van der Waals surface area contributed by atoms with Crippen molar-refractivity contribution < 1.29 is 35.0 Å². The van der Waals surface area contributed by atoms with Gasteiger partial charge in [0.25, 0.3) is 0 Å². The van der Waals surface area contributed by atoms with Gasteiger partial charge in [0, 0.05) is 6.04 Å². The smallest absolute Gasteiger partial charge is 0.186 e. The van der Waals surface area contributed by atoms with Crippen LogP contribution < -0.4 is 5.32 Å². The minimum absolute atomic E-state index is 0.0622. The van der Waals surface area contributed by atoms with Crippen molar-refractivity contribution in [1.82, 2.24) is 5.32 Å². The maximum atomic E-state index is 10.8. The molecule has 1 aromatic rings. The van der Waals surface area contributed by atoms with Gasteiger partial charge in [-0.3, -0.25) is 0 Å². The Kier molecular flexibility index (Phi) is 8.18. The summed E-state index contributed by atoms with van der Waals surface area (Å²) < 4.78 is 11.8. The second-order valence-electron chi connectivity index (χ2n) is 14.0. The van der Waals surface area contributed by atoms with Crippen molar-refractivity contribution in [2.45, 2.75) is 127 Å². The Morgan fingerprint density at radius 2 is 1.90 bits per heavy atom. The molecule has 0 amide bonds. The summed E-state index contributed by atoms with van der Waals surface area (Å²) in [5.41, 5.74) is 7.20. The van der Waals surface area contributed by atoms with Crippen LogP contribution in [0.3, 0.4) is 0 Å². The van der Waals surface area contributed by atoms with Crippen molar-refractivity contribution in [2.24, 2.45) is 17.3 Å². The molecule has 2 aliphatic heterocycles. The van der Waals surface area contributed by atoms with Gasteiger partial charge in [0.1, 0.15) is 24.4 Å². The molecule has 9 unspecified atom stereocenters. The number of rotatable bonds is 5. The van der Waals surface area contributed by atoms with E-state index in [1.54, 1.807) is 0 Å². The molecule has 228 valence electrons. The number of piperidine rings is 1. The van der Waals surface area contributed by atoms with Gasteiger partial charge in [-0.05, 0) is 103 Å². The third-order valence-corrected chi connectivity index (χ3v) is 11.6. The van der Waals surface area contributed by atoms with Crippen molar-refractivity contribution in [3.05, 3.63) is 46.0 Å². The van der Waals surface area contributed by atoms with Crippen LogP contribution in [0.5, 0.6) is 0 Å². The van der Waals surface area contributed by atoms with Crippen molar-refractivity contribution in [3.8, 4) is 0 Å². The minimum Gasteiger partial charge on any atom is -0.394 e. The van der Waals surface area contributed by atoms with E-state index < -0.39 is 37.3 Å². The molecule has 8 nitrogen and oxygen atoms in total. The van der Waals surface area contributed by atoms with Crippen LogP contribution in [0.2, 0.25) is 0 Å². The van der Waals surface area contributed by atoms with Crippen LogP contribution in [0.25, 0.3) is 0 Å². The van der Waals surface area contributed by atoms with Gasteiger partial charge in [0.15, 0.2) is 6.29 Å². The molecule has 1 aromatic carbocycles. The number of hydrogen-bond acceptors (Lipinski definition) is 8. The normalized spacial score (nSPS) is 44.9. The molecular weight excluding hydrogens is 522 g/mol. The number of fused-ring (bicyclic) bond motifs is 5. The summed E-state index contributed by atoms with van der Waals surface area (Å²) in [6, 6.07) is 4.77. The highest BCUT2D eigenvalue weighted by Crippen LogP contribution is 2.60. The van der Waals surface area contributed by atoms with E-state index in [2.05, 4.69) is 51.2 Å². The number of benzene rings is 1. The van der Waals surface area contributed by atoms with Gasteiger partial charge < -0.3 is 40.3 Å². The fraction of sp³-hybridized carbons (Fsp3) is 0.758. The molecule has 3 fully saturated rings. The van der Waals surface area contributed by atoms with Crippen molar-refractivity contribution in [1.29, 1.82) is 0 Å². The topological polar surface area (TPSA) is 132 Å². The molecule has 0 aromatic heterocycles. The lowest BCUT2D eigenvalue weighted by atomic mass is 9.57. The summed E-state index contributed by atoms with van der Waals surface area (Å²) >= 11 is 0. The van der Waals surface area contributed by atoms with E-state index in [1.807, 2.05) is 0 Å².